The fraction of sp³-hybridized carbons (Fsp3) is 0.432. The first kappa shape index (κ1) is 37.7. The molecule has 2 fully saturated rings. The molecule has 0 bridgehead atoms. The Bertz CT molecular complexity index is 1760. The number of amides is 2. The average Bonchev–Trinajstić information content (AvgIpc) is 3.77. The lowest BCUT2D eigenvalue weighted by molar-refractivity contribution is -0.192. The summed E-state index contributed by atoms with van der Waals surface area (Å²) in [5, 5.41) is 14.8. The summed E-state index contributed by atoms with van der Waals surface area (Å²) in [7, 11) is 0. The maximum Gasteiger partial charge on any atom is 0.490 e. The molecular weight excluding hydrogens is 682 g/mol. The number of piperazine rings is 1. The smallest absolute Gasteiger partial charge is 0.475 e. The molecule has 2 aromatic heterocycles. The van der Waals surface area contributed by atoms with Gasteiger partial charge in [-0.15, -0.1) is 11.3 Å². The number of hydrogen-bond acceptors (Lipinski definition) is 8. The third-order valence-electron chi connectivity index (χ3n) is 9.28. The molecule has 272 valence electrons. The van der Waals surface area contributed by atoms with E-state index < -0.39 is 17.7 Å². The van der Waals surface area contributed by atoms with Crippen molar-refractivity contribution in [2.45, 2.75) is 69.6 Å². The van der Waals surface area contributed by atoms with E-state index in [1.165, 1.54) is 22.5 Å². The zero-order valence-electron chi connectivity index (χ0n) is 28.5. The summed E-state index contributed by atoms with van der Waals surface area (Å²) in [5.74, 6) is -2.15. The zero-order valence-corrected chi connectivity index (χ0v) is 29.3. The van der Waals surface area contributed by atoms with Gasteiger partial charge in [0.25, 0.3) is 5.91 Å². The SMILES string of the molecule is Cc1ccc2cc(C(=O)NC3(C(=O)N[C@@H](CCCN4CCN(c5ncccn5)CC4)Cc4ccccc4)CCCC3)sc2c1.O=C(O)C(F)(F)F. The molecule has 1 atom stereocenters. The second kappa shape index (κ2) is 17.1. The highest BCUT2D eigenvalue weighted by Crippen LogP contribution is 2.32. The van der Waals surface area contributed by atoms with E-state index in [4.69, 9.17) is 9.90 Å². The molecule has 1 aliphatic heterocycles. The average molecular weight is 725 g/mol. The largest absolute Gasteiger partial charge is 0.490 e. The first-order valence-corrected chi connectivity index (χ1v) is 18.0. The van der Waals surface area contributed by atoms with Gasteiger partial charge in [-0.1, -0.05) is 55.3 Å². The Labute approximate surface area is 299 Å². The van der Waals surface area contributed by atoms with Crippen molar-refractivity contribution in [2.24, 2.45) is 0 Å². The summed E-state index contributed by atoms with van der Waals surface area (Å²) in [4.78, 5) is 50.6. The van der Waals surface area contributed by atoms with E-state index in [0.717, 1.165) is 80.9 Å². The van der Waals surface area contributed by atoms with E-state index >= 15 is 0 Å². The lowest BCUT2D eigenvalue weighted by Gasteiger charge is -2.35. The number of carboxylic acids is 1. The van der Waals surface area contributed by atoms with Gasteiger partial charge in [0, 0.05) is 49.3 Å². The van der Waals surface area contributed by atoms with E-state index in [1.54, 1.807) is 12.4 Å². The zero-order chi connectivity index (χ0) is 36.4. The van der Waals surface area contributed by atoms with Crippen LogP contribution >= 0.6 is 11.3 Å². The van der Waals surface area contributed by atoms with Crippen molar-refractivity contribution in [3.8, 4) is 0 Å². The van der Waals surface area contributed by atoms with Gasteiger partial charge in [-0.05, 0) is 80.3 Å². The molecule has 51 heavy (non-hydrogen) atoms. The minimum absolute atomic E-state index is 0.00872. The van der Waals surface area contributed by atoms with Crippen LogP contribution in [0.1, 0.15) is 59.3 Å². The minimum atomic E-state index is -5.08. The molecule has 0 spiro atoms. The molecular formula is C37H43F3N6O4S. The van der Waals surface area contributed by atoms with Crippen molar-refractivity contribution in [1.82, 2.24) is 25.5 Å². The lowest BCUT2D eigenvalue weighted by Crippen LogP contribution is -2.59. The molecule has 4 aromatic rings. The Hall–Kier alpha value is -4.56. The Morgan fingerprint density at radius 3 is 2.27 bits per heavy atom. The van der Waals surface area contributed by atoms with Gasteiger partial charge in [0.05, 0.1) is 4.88 Å². The quantitative estimate of drug-likeness (QED) is 0.172. The predicted octanol–water partition coefficient (Wildman–Crippen LogP) is 6.01. The monoisotopic (exact) mass is 724 g/mol. The summed E-state index contributed by atoms with van der Waals surface area (Å²) < 4.78 is 32.8. The van der Waals surface area contributed by atoms with Gasteiger partial charge in [-0.3, -0.25) is 14.5 Å². The van der Waals surface area contributed by atoms with Gasteiger partial charge in [0.1, 0.15) is 5.54 Å². The summed E-state index contributed by atoms with van der Waals surface area (Å²) >= 11 is 1.49. The number of nitrogens with one attached hydrogen (secondary N) is 2. The fourth-order valence-corrected chi connectivity index (χ4v) is 7.61. The molecule has 3 N–H and O–H groups in total. The molecule has 14 heteroatoms. The van der Waals surface area contributed by atoms with Crippen LogP contribution in [0.2, 0.25) is 0 Å². The van der Waals surface area contributed by atoms with Gasteiger partial charge in [-0.2, -0.15) is 13.2 Å². The van der Waals surface area contributed by atoms with Crippen molar-refractivity contribution in [3.05, 3.63) is 89.1 Å². The Balaban J connectivity index is 0.000000654. The number of aryl methyl sites for hydroxylation is 1. The molecule has 0 radical (unpaired) electrons. The third-order valence-corrected chi connectivity index (χ3v) is 10.4. The van der Waals surface area contributed by atoms with Crippen molar-refractivity contribution in [1.29, 1.82) is 0 Å². The lowest BCUT2D eigenvalue weighted by atomic mass is 9.94. The van der Waals surface area contributed by atoms with E-state index in [9.17, 15) is 22.8 Å². The number of carbonyl (C=O) groups is 3. The van der Waals surface area contributed by atoms with Crippen molar-refractivity contribution < 1.29 is 32.7 Å². The number of anilines is 1. The van der Waals surface area contributed by atoms with Crippen LogP contribution in [0.15, 0.2) is 73.1 Å². The van der Waals surface area contributed by atoms with Crippen molar-refractivity contribution in [2.75, 3.05) is 37.6 Å². The summed E-state index contributed by atoms with van der Waals surface area (Å²) in [5.41, 5.74) is 1.51. The number of alkyl halides is 3. The molecule has 1 saturated heterocycles. The van der Waals surface area contributed by atoms with Crippen molar-refractivity contribution >= 4 is 45.2 Å². The standard InChI is InChI=1S/C35H42N6O2S.C2HF3O2/c1-26-12-13-28-25-31(44-30(28)23-26)32(42)39-35(14-5-6-15-35)33(43)38-29(24-27-9-3-2-4-10-27)11-7-18-40-19-21-41(22-20-40)34-36-16-8-17-37-34;3-2(4,5)1(6)7/h2-4,8-10,12-13,16-17,23,25,29H,5-7,11,14-15,18-22,24H2,1H3,(H,38,43)(H,39,42);(H,6,7)/t29-;/m0./s1. The van der Waals surface area contributed by atoms with Gasteiger partial charge in [0.2, 0.25) is 11.9 Å². The second-order valence-electron chi connectivity index (χ2n) is 13.1. The van der Waals surface area contributed by atoms with Crippen LogP contribution in [-0.2, 0) is 16.0 Å². The third kappa shape index (κ3) is 10.5. The van der Waals surface area contributed by atoms with Gasteiger partial charge < -0.3 is 20.6 Å². The van der Waals surface area contributed by atoms with Crippen LogP contribution in [0, 0.1) is 6.92 Å². The number of carbonyl (C=O) groups excluding carboxylic acids is 2. The normalized spacial score (nSPS) is 16.6. The maximum atomic E-state index is 14.0. The van der Waals surface area contributed by atoms with Crippen LogP contribution < -0.4 is 15.5 Å². The van der Waals surface area contributed by atoms with E-state index in [0.29, 0.717) is 17.7 Å². The van der Waals surface area contributed by atoms with Gasteiger partial charge in [0.15, 0.2) is 0 Å². The molecule has 10 nitrogen and oxygen atoms in total. The highest BCUT2D eigenvalue weighted by molar-refractivity contribution is 7.20. The van der Waals surface area contributed by atoms with Crippen LogP contribution in [-0.4, -0.2) is 88.2 Å². The van der Waals surface area contributed by atoms with E-state index in [2.05, 4.69) is 79.8 Å². The minimum Gasteiger partial charge on any atom is -0.475 e. The van der Waals surface area contributed by atoms with Crippen molar-refractivity contribution in [3.63, 3.8) is 0 Å². The number of hydrogen-bond donors (Lipinski definition) is 3. The van der Waals surface area contributed by atoms with E-state index in [-0.39, 0.29) is 17.9 Å². The maximum absolute atomic E-state index is 14.0. The molecule has 1 saturated carbocycles. The van der Waals surface area contributed by atoms with Gasteiger partial charge in [-0.25, -0.2) is 14.8 Å². The number of carboxylic acid groups (broad SMARTS) is 1. The molecule has 0 unspecified atom stereocenters. The van der Waals surface area contributed by atoms with Crippen LogP contribution in [0.5, 0.6) is 0 Å². The molecule has 1 aliphatic carbocycles. The topological polar surface area (TPSA) is 128 Å². The first-order valence-electron chi connectivity index (χ1n) is 17.1. The Morgan fingerprint density at radius 1 is 0.961 bits per heavy atom. The highest BCUT2D eigenvalue weighted by Gasteiger charge is 2.43. The number of fused-ring (bicyclic) bond motifs is 1. The molecule has 2 aliphatic rings. The van der Waals surface area contributed by atoms with E-state index in [1.807, 2.05) is 18.2 Å². The number of aliphatic carboxylic acids is 1. The van der Waals surface area contributed by atoms with Crippen LogP contribution in [0.3, 0.4) is 0 Å². The summed E-state index contributed by atoms with van der Waals surface area (Å²) in [6.45, 7) is 6.81. The molecule has 3 heterocycles. The molecule has 2 aromatic carbocycles. The number of aromatic nitrogens is 2. The first-order chi connectivity index (χ1) is 24.4. The Morgan fingerprint density at radius 2 is 1.63 bits per heavy atom. The van der Waals surface area contributed by atoms with Crippen LogP contribution in [0.25, 0.3) is 10.1 Å². The number of rotatable bonds is 11. The predicted molar refractivity (Wildman–Crippen MR) is 191 cm³/mol. The number of thiophene rings is 1. The molecule has 2 amide bonds. The number of nitrogens with zero attached hydrogens (tertiary/aromatic N) is 4. The Kier molecular flexibility index (Phi) is 12.6. The van der Waals surface area contributed by atoms with Gasteiger partial charge >= 0.3 is 12.1 Å². The number of halogens is 3. The number of benzene rings is 2. The fourth-order valence-electron chi connectivity index (χ4n) is 6.55. The molecule has 6 rings (SSSR count). The second-order valence-corrected chi connectivity index (χ2v) is 14.2. The highest BCUT2D eigenvalue weighted by atomic mass is 32.1. The summed E-state index contributed by atoms with van der Waals surface area (Å²) in [6, 6.07) is 20.4. The van der Waals surface area contributed by atoms with Crippen LogP contribution in [0.4, 0.5) is 19.1 Å². The summed E-state index contributed by atoms with van der Waals surface area (Å²) in [6.07, 6.45) is 4.34.